The molecule has 1 amide bonds. The van der Waals surface area contributed by atoms with E-state index in [9.17, 15) is 19.1 Å². The van der Waals surface area contributed by atoms with E-state index >= 15 is 0 Å². The molecule has 0 aliphatic carbocycles. The zero-order chi connectivity index (χ0) is 19.8. The fourth-order valence-corrected chi connectivity index (χ4v) is 3.25. The van der Waals surface area contributed by atoms with Crippen LogP contribution in [0.15, 0.2) is 70.8 Å². The number of aliphatic hydroxyl groups excluding tert-OH is 1. The summed E-state index contributed by atoms with van der Waals surface area (Å²) in [7, 11) is 0. The third-order valence-corrected chi connectivity index (χ3v) is 4.54. The van der Waals surface area contributed by atoms with Crippen LogP contribution in [0.25, 0.3) is 5.76 Å². The largest absolute Gasteiger partial charge is 0.507 e. The van der Waals surface area contributed by atoms with Crippen molar-refractivity contribution >= 4 is 23.3 Å². The van der Waals surface area contributed by atoms with Gasteiger partial charge in [0.15, 0.2) is 5.82 Å². The molecule has 2 aromatic carbocycles. The van der Waals surface area contributed by atoms with Gasteiger partial charge in [-0.1, -0.05) is 47.6 Å². The van der Waals surface area contributed by atoms with Crippen LogP contribution in [0.1, 0.15) is 22.9 Å². The van der Waals surface area contributed by atoms with Crippen LogP contribution >= 0.6 is 0 Å². The molecule has 1 atom stereocenters. The Morgan fingerprint density at radius 2 is 1.79 bits per heavy atom. The number of halogens is 1. The maximum Gasteiger partial charge on any atom is 0.301 e. The van der Waals surface area contributed by atoms with E-state index in [1.165, 1.54) is 30.3 Å². The predicted octanol–water partition coefficient (Wildman–Crippen LogP) is 3.75. The lowest BCUT2D eigenvalue weighted by atomic mass is 9.95. The van der Waals surface area contributed by atoms with Gasteiger partial charge >= 0.3 is 5.91 Å². The normalized spacial score (nSPS) is 18.6. The third kappa shape index (κ3) is 2.87. The van der Waals surface area contributed by atoms with Gasteiger partial charge < -0.3 is 9.63 Å². The zero-order valence-electron chi connectivity index (χ0n) is 14.8. The molecule has 1 fully saturated rings. The molecule has 3 aromatic rings. The Morgan fingerprint density at radius 3 is 2.39 bits per heavy atom. The second kappa shape index (κ2) is 6.77. The minimum Gasteiger partial charge on any atom is -0.507 e. The van der Waals surface area contributed by atoms with Crippen LogP contribution in [0.2, 0.25) is 0 Å². The number of Topliss-reactive ketones (excluding diaryl/α,β-unsaturated/α-hetero) is 1. The maximum atomic E-state index is 13.4. The summed E-state index contributed by atoms with van der Waals surface area (Å²) in [5, 5.41) is 14.7. The first-order valence-electron chi connectivity index (χ1n) is 8.52. The molecule has 1 N–H and O–H groups in total. The number of aryl methyl sites for hydroxylation is 1. The Hall–Kier alpha value is -3.74. The third-order valence-electron chi connectivity index (χ3n) is 4.54. The Bertz CT molecular complexity index is 1090. The first kappa shape index (κ1) is 17.7. The average molecular weight is 378 g/mol. The molecule has 28 heavy (non-hydrogen) atoms. The number of carbonyl (C=O) groups excluding carboxylic acids is 2. The smallest absolute Gasteiger partial charge is 0.301 e. The second-order valence-electron chi connectivity index (χ2n) is 6.38. The molecule has 140 valence electrons. The molecule has 2 heterocycles. The number of hydrogen-bond donors (Lipinski definition) is 1. The molecule has 1 aliphatic rings. The van der Waals surface area contributed by atoms with Crippen LogP contribution in [0.4, 0.5) is 10.2 Å². The maximum absolute atomic E-state index is 13.4. The minimum atomic E-state index is -0.967. The van der Waals surface area contributed by atoms with Crippen molar-refractivity contribution in [3.8, 4) is 0 Å². The number of hydrogen-bond acceptors (Lipinski definition) is 5. The van der Waals surface area contributed by atoms with Crippen molar-refractivity contribution < 1.29 is 23.6 Å². The van der Waals surface area contributed by atoms with Crippen LogP contribution in [0, 0.1) is 12.7 Å². The van der Waals surface area contributed by atoms with Gasteiger partial charge in [0.2, 0.25) is 0 Å². The Balaban J connectivity index is 1.94. The number of aliphatic hydroxyl groups is 1. The van der Waals surface area contributed by atoms with Crippen LogP contribution < -0.4 is 4.90 Å². The Morgan fingerprint density at radius 1 is 1.11 bits per heavy atom. The monoisotopic (exact) mass is 378 g/mol. The van der Waals surface area contributed by atoms with Gasteiger partial charge in [-0.3, -0.25) is 14.5 Å². The Labute approximate surface area is 159 Å². The molecule has 1 aromatic heterocycles. The van der Waals surface area contributed by atoms with Crippen LogP contribution in [-0.4, -0.2) is 22.0 Å². The summed E-state index contributed by atoms with van der Waals surface area (Å²) in [5.74, 6) is -1.87. The van der Waals surface area contributed by atoms with E-state index in [4.69, 9.17) is 4.52 Å². The molecule has 4 rings (SSSR count). The summed E-state index contributed by atoms with van der Waals surface area (Å²) in [4.78, 5) is 26.8. The van der Waals surface area contributed by atoms with Gasteiger partial charge in [0.1, 0.15) is 17.3 Å². The van der Waals surface area contributed by atoms with Crippen molar-refractivity contribution in [1.29, 1.82) is 0 Å². The lowest BCUT2D eigenvalue weighted by Crippen LogP contribution is -2.29. The van der Waals surface area contributed by atoms with Gasteiger partial charge in [-0.2, -0.15) is 0 Å². The van der Waals surface area contributed by atoms with Crippen molar-refractivity contribution in [2.75, 3.05) is 4.90 Å². The molecule has 1 saturated heterocycles. The fraction of sp³-hybridized carbons (Fsp3) is 0.0952. The lowest BCUT2D eigenvalue weighted by molar-refractivity contribution is -0.132. The number of rotatable bonds is 3. The number of ketones is 1. The van der Waals surface area contributed by atoms with E-state index in [0.29, 0.717) is 16.9 Å². The van der Waals surface area contributed by atoms with Gasteiger partial charge in [-0.25, -0.2) is 4.39 Å². The number of carbonyl (C=O) groups is 2. The van der Waals surface area contributed by atoms with Crippen molar-refractivity contribution in [2.24, 2.45) is 0 Å². The Kier molecular flexibility index (Phi) is 4.27. The highest BCUT2D eigenvalue weighted by Crippen LogP contribution is 2.41. The molecule has 0 unspecified atom stereocenters. The summed E-state index contributed by atoms with van der Waals surface area (Å²) < 4.78 is 18.5. The molecule has 0 spiro atoms. The molecular formula is C21H15FN2O4. The molecular weight excluding hydrogens is 363 g/mol. The predicted molar refractivity (Wildman–Crippen MR) is 98.9 cm³/mol. The van der Waals surface area contributed by atoms with Crippen molar-refractivity contribution in [2.45, 2.75) is 13.0 Å². The standard InChI is InChI=1S/C21H15FN2O4/c1-12-11-16(23-28-12)24-18(13-7-9-15(22)10-8-13)17(20(26)21(24)27)19(25)14-5-3-2-4-6-14/h2-11,18,25H,1H3/b19-17+/t18-/m1/s1. The van der Waals surface area contributed by atoms with E-state index < -0.39 is 23.5 Å². The first-order chi connectivity index (χ1) is 13.5. The number of amides is 1. The van der Waals surface area contributed by atoms with Gasteiger partial charge in [-0.05, 0) is 24.6 Å². The molecule has 6 nitrogen and oxygen atoms in total. The molecule has 1 aliphatic heterocycles. The second-order valence-corrected chi connectivity index (χ2v) is 6.38. The lowest BCUT2D eigenvalue weighted by Gasteiger charge is -2.22. The van der Waals surface area contributed by atoms with Gasteiger partial charge in [0.25, 0.3) is 5.78 Å². The van der Waals surface area contributed by atoms with Gasteiger partial charge in [0.05, 0.1) is 11.6 Å². The summed E-state index contributed by atoms with van der Waals surface area (Å²) in [6.07, 6.45) is 0. The van der Waals surface area contributed by atoms with E-state index in [1.54, 1.807) is 37.3 Å². The topological polar surface area (TPSA) is 83.6 Å². The molecule has 0 saturated carbocycles. The van der Waals surface area contributed by atoms with Crippen LogP contribution in [0.3, 0.4) is 0 Å². The fourth-order valence-electron chi connectivity index (χ4n) is 3.25. The van der Waals surface area contributed by atoms with E-state index in [0.717, 1.165) is 4.90 Å². The van der Waals surface area contributed by atoms with Gasteiger partial charge in [-0.15, -0.1) is 0 Å². The highest BCUT2D eigenvalue weighted by atomic mass is 19.1. The van der Waals surface area contributed by atoms with E-state index in [-0.39, 0.29) is 17.2 Å². The summed E-state index contributed by atoms with van der Waals surface area (Å²) >= 11 is 0. The van der Waals surface area contributed by atoms with Crippen molar-refractivity contribution in [3.05, 3.63) is 88.9 Å². The molecule has 0 radical (unpaired) electrons. The summed E-state index contributed by atoms with van der Waals surface area (Å²) in [6.45, 7) is 1.66. The first-order valence-corrected chi connectivity index (χ1v) is 8.52. The average Bonchev–Trinajstić information content (AvgIpc) is 3.24. The quantitative estimate of drug-likeness (QED) is 0.426. The van der Waals surface area contributed by atoms with Crippen molar-refractivity contribution in [1.82, 2.24) is 5.16 Å². The van der Waals surface area contributed by atoms with E-state index in [1.807, 2.05) is 0 Å². The van der Waals surface area contributed by atoms with E-state index in [2.05, 4.69) is 5.16 Å². The minimum absolute atomic E-state index is 0.0940. The highest BCUT2D eigenvalue weighted by Gasteiger charge is 2.48. The molecule has 7 heteroatoms. The highest BCUT2D eigenvalue weighted by molar-refractivity contribution is 6.51. The summed E-state index contributed by atoms with van der Waals surface area (Å²) in [6, 6.07) is 14.4. The van der Waals surface area contributed by atoms with Crippen LogP contribution in [0.5, 0.6) is 0 Å². The number of aromatic nitrogens is 1. The zero-order valence-corrected chi connectivity index (χ0v) is 14.8. The van der Waals surface area contributed by atoms with Crippen LogP contribution in [-0.2, 0) is 9.59 Å². The molecule has 0 bridgehead atoms. The number of nitrogens with zero attached hydrogens (tertiary/aromatic N) is 2. The SMILES string of the molecule is Cc1cc(N2C(=O)C(=O)/C(=C(/O)c3ccccc3)[C@H]2c2ccc(F)cc2)no1. The van der Waals surface area contributed by atoms with Gasteiger partial charge in [0, 0.05) is 11.6 Å². The number of benzene rings is 2. The summed E-state index contributed by atoms with van der Waals surface area (Å²) in [5.41, 5.74) is 0.756. The number of anilines is 1. The van der Waals surface area contributed by atoms with Crippen molar-refractivity contribution in [3.63, 3.8) is 0 Å².